The van der Waals surface area contributed by atoms with E-state index in [2.05, 4.69) is 17.1 Å². The van der Waals surface area contributed by atoms with E-state index in [0.717, 1.165) is 19.4 Å². The van der Waals surface area contributed by atoms with Crippen molar-refractivity contribution < 1.29 is 99.1 Å². The molecule has 0 amide bonds. The van der Waals surface area contributed by atoms with Crippen LogP contribution in [0, 0.1) is 88.1 Å². The van der Waals surface area contributed by atoms with Crippen LogP contribution in [0.25, 0.3) is 0 Å². The van der Waals surface area contributed by atoms with E-state index in [0.29, 0.717) is 5.84 Å². The summed E-state index contributed by atoms with van der Waals surface area (Å²) in [6.07, 6.45) is 6.03. The van der Waals surface area contributed by atoms with Gasteiger partial charge in [0.15, 0.2) is 0 Å². The fourth-order valence-corrected chi connectivity index (χ4v) is 0.820. The van der Waals surface area contributed by atoms with Crippen molar-refractivity contribution in [2.45, 2.75) is 39.2 Å². The van der Waals surface area contributed by atoms with Gasteiger partial charge in [0.1, 0.15) is 0 Å². The van der Waals surface area contributed by atoms with Crippen LogP contribution in [0.15, 0.2) is 17.1 Å². The molecule has 0 atom stereocenters. The second-order valence-corrected chi connectivity index (χ2v) is 3.98. The van der Waals surface area contributed by atoms with Crippen LogP contribution in [0.2, 0.25) is 0 Å². The summed E-state index contributed by atoms with van der Waals surface area (Å²) in [6, 6.07) is 0. The predicted molar refractivity (Wildman–Crippen MR) is 66.0 cm³/mol. The molecule has 0 aromatic rings. The number of hydrogen-bond acceptors (Lipinski definition) is 2. The maximum atomic E-state index is 5.80. The number of nitrogens with two attached hydrogens (primary N) is 2. The van der Waals surface area contributed by atoms with Gasteiger partial charge in [-0.05, 0) is 33.6 Å². The van der Waals surface area contributed by atoms with Crippen molar-refractivity contribution in [2.24, 2.45) is 16.5 Å². The van der Waals surface area contributed by atoms with Crippen LogP contribution < -0.4 is 11.5 Å². The topological polar surface area (TPSA) is 127 Å². The molecule has 0 rings (SSSR count). The SMILES string of the molecule is CC(N)=NCC/C=C\CC(C)(C)N.O.O.[Ac].[Ac]. The van der Waals surface area contributed by atoms with Crippen molar-refractivity contribution in [2.75, 3.05) is 6.54 Å². The Kier molecular flexibility index (Phi) is 33.2. The van der Waals surface area contributed by atoms with E-state index < -0.39 is 0 Å². The van der Waals surface area contributed by atoms with Crippen molar-refractivity contribution in [3.8, 4) is 0 Å². The molecule has 0 bridgehead atoms. The van der Waals surface area contributed by atoms with Crippen LogP contribution >= 0.6 is 0 Å². The summed E-state index contributed by atoms with van der Waals surface area (Å²) >= 11 is 0. The van der Waals surface area contributed by atoms with Gasteiger partial charge < -0.3 is 22.4 Å². The molecule has 2 radical (unpaired) electrons. The van der Waals surface area contributed by atoms with Crippen LogP contribution in [0.4, 0.5) is 0 Å². The molecule has 7 heteroatoms. The summed E-state index contributed by atoms with van der Waals surface area (Å²) in [5, 5.41) is 0. The van der Waals surface area contributed by atoms with Crippen LogP contribution in [-0.4, -0.2) is 28.9 Å². The predicted octanol–water partition coefficient (Wildman–Crippen LogP) is -0.212. The molecule has 5 nitrogen and oxygen atoms in total. The van der Waals surface area contributed by atoms with Gasteiger partial charge in [-0.3, -0.25) is 4.99 Å². The van der Waals surface area contributed by atoms with Gasteiger partial charge in [-0.25, -0.2) is 0 Å². The van der Waals surface area contributed by atoms with Crippen molar-refractivity contribution in [1.82, 2.24) is 0 Å². The molecule has 0 saturated heterocycles. The third-order valence-electron chi connectivity index (χ3n) is 1.47. The third-order valence-corrected chi connectivity index (χ3v) is 1.47. The molecule has 0 saturated carbocycles. The zero-order chi connectivity index (χ0) is 10.3. The smallest absolute Gasteiger partial charge is 0.0905 e. The maximum Gasteiger partial charge on any atom is 0.0905 e. The van der Waals surface area contributed by atoms with E-state index in [4.69, 9.17) is 11.5 Å². The van der Waals surface area contributed by atoms with Gasteiger partial charge in [-0.15, -0.1) is 0 Å². The van der Waals surface area contributed by atoms with Gasteiger partial charge in [0.25, 0.3) is 0 Å². The van der Waals surface area contributed by atoms with Crippen LogP contribution in [0.3, 0.4) is 0 Å². The van der Waals surface area contributed by atoms with E-state index >= 15 is 0 Å². The van der Waals surface area contributed by atoms with Crippen molar-refractivity contribution in [1.29, 1.82) is 0 Å². The zero-order valence-corrected chi connectivity index (χ0v) is 20.5. The van der Waals surface area contributed by atoms with Gasteiger partial charge in [0.2, 0.25) is 0 Å². The molecular weight excluding hydrogens is 648 g/mol. The molecule has 17 heavy (non-hydrogen) atoms. The van der Waals surface area contributed by atoms with E-state index in [9.17, 15) is 0 Å². The Morgan fingerprint density at radius 1 is 1.18 bits per heavy atom. The van der Waals surface area contributed by atoms with Gasteiger partial charge >= 0.3 is 0 Å². The summed E-state index contributed by atoms with van der Waals surface area (Å²) < 4.78 is 0. The Hall–Kier alpha value is 1.97. The van der Waals surface area contributed by atoms with Crippen molar-refractivity contribution in [3.63, 3.8) is 0 Å². The second-order valence-electron chi connectivity index (χ2n) is 3.98. The Labute approximate surface area is 176 Å². The monoisotopic (exact) mass is 673 g/mol. The number of rotatable bonds is 5. The maximum absolute atomic E-state index is 5.80. The molecule has 0 unspecified atom stereocenters. The number of amidine groups is 1. The third kappa shape index (κ3) is 32.0. The molecule has 0 aliphatic heterocycles. The van der Waals surface area contributed by atoms with E-state index in [1.165, 1.54) is 0 Å². The molecule has 8 N–H and O–H groups in total. The first-order chi connectivity index (χ1) is 5.92. The first kappa shape index (κ1) is 31.4. The van der Waals surface area contributed by atoms with Crippen molar-refractivity contribution >= 4 is 5.84 Å². The molecule has 0 heterocycles. The summed E-state index contributed by atoms with van der Waals surface area (Å²) in [6.45, 7) is 6.59. The Bertz CT molecular complexity index is 200. The minimum Gasteiger partial charge on any atom is -0.412 e. The standard InChI is InChI=1S/C10H21N3.2Ac.2H2O/c1-9(11)13-8-6-4-5-7-10(2,3)12;;;;/h4-5H,6-8,12H2,1-3H3,(H2,11,13);;;2*1H2/b5-4-;;;;. The van der Waals surface area contributed by atoms with Gasteiger partial charge in [0.05, 0.1) is 5.84 Å². The summed E-state index contributed by atoms with van der Waals surface area (Å²) in [5.41, 5.74) is 11.1. The molecule has 0 aliphatic rings. The minimum absolute atomic E-state index is 0. The zero-order valence-electron chi connectivity index (χ0n) is 11.0. The average Bonchev–Trinajstić information content (AvgIpc) is 1.93. The number of aliphatic imine (C=N–C) groups is 1. The molecule has 0 aromatic carbocycles. The quantitative estimate of drug-likeness (QED) is 0.182. The minimum atomic E-state index is -0.108. The molecule has 0 fully saturated rings. The average molecular weight is 673 g/mol. The van der Waals surface area contributed by atoms with Crippen LogP contribution in [0.5, 0.6) is 0 Å². The first-order valence-corrected chi connectivity index (χ1v) is 4.62. The van der Waals surface area contributed by atoms with Gasteiger partial charge in [-0.1, -0.05) is 12.2 Å². The Morgan fingerprint density at radius 3 is 2.00 bits per heavy atom. The van der Waals surface area contributed by atoms with E-state index in [1.807, 2.05) is 13.8 Å². The summed E-state index contributed by atoms with van der Waals surface area (Å²) in [7, 11) is 0. The van der Waals surface area contributed by atoms with Crippen LogP contribution in [0.1, 0.15) is 33.6 Å². The number of hydrogen-bond donors (Lipinski definition) is 2. The fraction of sp³-hybridized carbons (Fsp3) is 0.700. The molecule has 98 valence electrons. The fourth-order valence-electron chi connectivity index (χ4n) is 0.820. The molecule has 0 aromatic heterocycles. The second kappa shape index (κ2) is 18.0. The van der Waals surface area contributed by atoms with E-state index in [1.54, 1.807) is 6.92 Å². The molecular formula is C10H25Ac2N3O2. The van der Waals surface area contributed by atoms with Gasteiger partial charge in [0, 0.05) is 100 Å². The van der Waals surface area contributed by atoms with Crippen LogP contribution in [-0.2, 0) is 0 Å². The summed E-state index contributed by atoms with van der Waals surface area (Å²) in [5.74, 6) is 0.646. The van der Waals surface area contributed by atoms with Crippen molar-refractivity contribution in [3.05, 3.63) is 12.2 Å². The largest absolute Gasteiger partial charge is 0.412 e. The molecule has 0 aliphatic carbocycles. The first-order valence-electron chi connectivity index (χ1n) is 4.62. The van der Waals surface area contributed by atoms with E-state index in [-0.39, 0.29) is 105 Å². The number of nitrogens with zero attached hydrogens (tertiary/aromatic N) is 1. The Morgan fingerprint density at radius 2 is 1.65 bits per heavy atom. The Balaban J connectivity index is -0.000000120. The summed E-state index contributed by atoms with van der Waals surface area (Å²) in [4.78, 5) is 4.07. The molecule has 0 spiro atoms. The van der Waals surface area contributed by atoms with Gasteiger partial charge in [-0.2, -0.15) is 0 Å². The normalized spacial score (nSPS) is 10.7.